The number of carboxylic acid groups (broad SMARTS) is 1. The van der Waals surface area contributed by atoms with Gasteiger partial charge >= 0.3 is 5.97 Å². The highest BCUT2D eigenvalue weighted by atomic mass is 16.6. The molecule has 1 aromatic carbocycles. The molecule has 0 bridgehead atoms. The molecule has 46 heavy (non-hydrogen) atoms. The number of hydrogen-bond donors (Lipinski definition) is 3. The maximum absolute atomic E-state index is 10.7. The lowest BCUT2D eigenvalue weighted by atomic mass is 9.93. The van der Waals surface area contributed by atoms with Gasteiger partial charge in [-0.25, -0.2) is 4.98 Å². The fraction of sp³-hybridized carbons (Fsp3) is 0.545. The zero-order valence-corrected chi connectivity index (χ0v) is 27.0. The summed E-state index contributed by atoms with van der Waals surface area (Å²) in [6.45, 7) is 9.91. The van der Waals surface area contributed by atoms with Crippen LogP contribution in [-0.2, 0) is 9.53 Å². The van der Waals surface area contributed by atoms with E-state index in [2.05, 4.69) is 43.9 Å². The Labute approximate surface area is 269 Å². The summed E-state index contributed by atoms with van der Waals surface area (Å²) in [6, 6.07) is 7.47. The molecule has 5 rings (SSSR count). The second-order valence-electron chi connectivity index (χ2n) is 12.9. The highest BCUT2D eigenvalue weighted by Gasteiger charge is 2.27. The van der Waals surface area contributed by atoms with Gasteiger partial charge in [0.05, 0.1) is 29.8 Å². The number of anilines is 1. The predicted octanol–water partition coefficient (Wildman–Crippen LogP) is 4.55. The number of unbranched alkanes of at least 4 members (excludes halogenated alkanes) is 1. The van der Waals surface area contributed by atoms with E-state index in [1.54, 1.807) is 10.9 Å². The molecule has 1 unspecified atom stereocenters. The van der Waals surface area contributed by atoms with E-state index in [4.69, 9.17) is 19.6 Å². The molecule has 0 amide bonds. The van der Waals surface area contributed by atoms with Gasteiger partial charge in [-0.3, -0.25) is 9.69 Å². The molecule has 0 aliphatic carbocycles. The van der Waals surface area contributed by atoms with Crippen molar-refractivity contribution in [3.05, 3.63) is 54.5 Å². The van der Waals surface area contributed by atoms with Crippen molar-refractivity contribution in [1.29, 1.82) is 0 Å². The van der Waals surface area contributed by atoms with Crippen molar-refractivity contribution in [2.75, 3.05) is 38.1 Å². The van der Waals surface area contributed by atoms with Crippen LogP contribution >= 0.6 is 0 Å². The Morgan fingerprint density at radius 3 is 2.65 bits per heavy atom. The van der Waals surface area contributed by atoms with Crippen LogP contribution in [0.25, 0.3) is 16.9 Å². The number of rotatable bonds is 14. The standard InChI is InChI=1S/C33H46N8O5/c1-33(2,3)46-32(44)40-19-15-24(16-20-40)14-18-39-17-6-4-8-25(23-39)35-31-34-22-28-30(36-31)41(38-37-28)26-10-12-27(13-11-26)45-21-7-5-9-29(42)43/h4,8,10-13,22-24,32,44H,5-7,9,14-21H2,1-3H3,(H,42,43)(H,34,35,36). The van der Waals surface area contributed by atoms with Crippen LogP contribution < -0.4 is 10.1 Å². The molecule has 1 atom stereocenters. The maximum atomic E-state index is 10.7. The van der Waals surface area contributed by atoms with Crippen LogP contribution in [0.4, 0.5) is 5.95 Å². The van der Waals surface area contributed by atoms with Crippen LogP contribution in [0.2, 0.25) is 0 Å². The van der Waals surface area contributed by atoms with E-state index in [0.29, 0.717) is 48.2 Å². The molecule has 1 saturated heterocycles. The second kappa shape index (κ2) is 15.5. The summed E-state index contributed by atoms with van der Waals surface area (Å²) in [6.07, 6.45) is 12.7. The quantitative estimate of drug-likeness (QED) is 0.169. The minimum absolute atomic E-state index is 0.147. The van der Waals surface area contributed by atoms with Crippen molar-refractivity contribution < 1.29 is 24.5 Å². The Hall–Kier alpha value is -4.07. The fourth-order valence-electron chi connectivity index (χ4n) is 5.55. The van der Waals surface area contributed by atoms with Gasteiger partial charge in [0.1, 0.15) is 5.75 Å². The van der Waals surface area contributed by atoms with E-state index >= 15 is 0 Å². The SMILES string of the molecule is CC(C)(C)OC(O)N1CCC(CCN2C=C(Nc3ncc4nnn(-c5ccc(OCCCCC(=O)O)cc5)c4n3)C=CCC2)CC1. The number of aliphatic carboxylic acids is 1. The van der Waals surface area contributed by atoms with Crippen molar-refractivity contribution in [2.45, 2.75) is 77.7 Å². The van der Waals surface area contributed by atoms with E-state index in [0.717, 1.165) is 63.2 Å². The summed E-state index contributed by atoms with van der Waals surface area (Å²) in [7, 11) is 0. The van der Waals surface area contributed by atoms with Crippen LogP contribution in [0, 0.1) is 5.92 Å². The van der Waals surface area contributed by atoms with Crippen LogP contribution in [0.1, 0.15) is 65.7 Å². The number of fused-ring (bicyclic) bond motifs is 1. The van der Waals surface area contributed by atoms with Crippen molar-refractivity contribution in [1.82, 2.24) is 34.8 Å². The van der Waals surface area contributed by atoms with Gasteiger partial charge in [-0.2, -0.15) is 9.67 Å². The molecule has 0 spiro atoms. The molecule has 248 valence electrons. The van der Waals surface area contributed by atoms with Crippen LogP contribution in [-0.4, -0.2) is 95.7 Å². The van der Waals surface area contributed by atoms with Gasteiger partial charge in [0.25, 0.3) is 0 Å². The number of piperidine rings is 1. The second-order valence-corrected chi connectivity index (χ2v) is 12.9. The average molecular weight is 635 g/mol. The van der Waals surface area contributed by atoms with Gasteiger partial charge in [0, 0.05) is 38.8 Å². The first-order valence-electron chi connectivity index (χ1n) is 16.2. The number of aliphatic hydroxyl groups excluding tert-OH is 1. The lowest BCUT2D eigenvalue weighted by molar-refractivity contribution is -0.243. The van der Waals surface area contributed by atoms with Crippen molar-refractivity contribution in [2.24, 2.45) is 5.92 Å². The van der Waals surface area contributed by atoms with Crippen LogP contribution in [0.15, 0.2) is 54.5 Å². The molecule has 3 aromatic rings. The highest BCUT2D eigenvalue weighted by molar-refractivity contribution is 5.72. The van der Waals surface area contributed by atoms with Gasteiger partial charge in [0.15, 0.2) is 11.2 Å². The number of nitrogens with one attached hydrogen (secondary N) is 1. The normalized spacial score (nSPS) is 17.1. The molecule has 3 N–H and O–H groups in total. The topological polar surface area (TPSA) is 151 Å². The van der Waals surface area contributed by atoms with Gasteiger partial charge in [-0.1, -0.05) is 11.3 Å². The van der Waals surface area contributed by atoms with Crippen molar-refractivity contribution in [3.8, 4) is 11.4 Å². The first-order valence-corrected chi connectivity index (χ1v) is 16.2. The van der Waals surface area contributed by atoms with Gasteiger partial charge in [-0.15, -0.1) is 5.10 Å². The summed E-state index contributed by atoms with van der Waals surface area (Å²) in [5, 5.41) is 31.1. The van der Waals surface area contributed by atoms with Crippen molar-refractivity contribution >= 4 is 23.1 Å². The molecule has 1 fully saturated rings. The Morgan fingerprint density at radius 2 is 1.91 bits per heavy atom. The van der Waals surface area contributed by atoms with E-state index in [1.807, 2.05) is 49.9 Å². The summed E-state index contributed by atoms with van der Waals surface area (Å²) in [4.78, 5) is 24.3. The van der Waals surface area contributed by atoms with E-state index < -0.39 is 12.4 Å². The molecule has 13 nitrogen and oxygen atoms in total. The Kier molecular flexibility index (Phi) is 11.2. The summed E-state index contributed by atoms with van der Waals surface area (Å²) >= 11 is 0. The third kappa shape index (κ3) is 9.71. The number of hydrogen-bond acceptors (Lipinski definition) is 11. The maximum Gasteiger partial charge on any atom is 0.303 e. The van der Waals surface area contributed by atoms with Gasteiger partial charge in [-0.05, 0) is 95.6 Å². The number of ether oxygens (including phenoxy) is 2. The average Bonchev–Trinajstić information content (AvgIpc) is 3.31. The highest BCUT2D eigenvalue weighted by Crippen LogP contribution is 2.25. The monoisotopic (exact) mass is 634 g/mol. The predicted molar refractivity (Wildman–Crippen MR) is 174 cm³/mol. The molecule has 2 aromatic heterocycles. The van der Waals surface area contributed by atoms with Gasteiger partial charge < -0.3 is 29.9 Å². The lowest BCUT2D eigenvalue weighted by Crippen LogP contribution is -2.46. The first-order chi connectivity index (χ1) is 22.1. The molecule has 4 heterocycles. The van der Waals surface area contributed by atoms with E-state index in [9.17, 15) is 9.90 Å². The molecule has 0 radical (unpaired) electrons. The number of allylic oxidation sites excluding steroid dienone is 1. The number of carbonyl (C=O) groups is 1. The number of carboxylic acids is 1. The number of aromatic nitrogens is 5. The summed E-state index contributed by atoms with van der Waals surface area (Å²) in [5.41, 5.74) is 2.49. The van der Waals surface area contributed by atoms with E-state index in [1.165, 1.54) is 0 Å². The van der Waals surface area contributed by atoms with Crippen LogP contribution in [0.3, 0.4) is 0 Å². The molecule has 2 aliphatic heterocycles. The lowest BCUT2D eigenvalue weighted by Gasteiger charge is -2.37. The third-order valence-electron chi connectivity index (χ3n) is 8.03. The minimum atomic E-state index is -0.848. The largest absolute Gasteiger partial charge is 0.494 e. The molecule has 2 aliphatic rings. The van der Waals surface area contributed by atoms with Crippen molar-refractivity contribution in [3.63, 3.8) is 0 Å². The third-order valence-corrected chi connectivity index (χ3v) is 8.03. The first kappa shape index (κ1) is 33.3. The smallest absolute Gasteiger partial charge is 0.303 e. The minimum Gasteiger partial charge on any atom is -0.494 e. The Bertz CT molecular complexity index is 1490. The molecular weight excluding hydrogens is 588 g/mol. The number of likely N-dealkylation sites (tertiary alicyclic amines) is 1. The number of aliphatic hydroxyl groups is 1. The zero-order chi connectivity index (χ0) is 32.5. The van der Waals surface area contributed by atoms with Gasteiger partial charge in [0.2, 0.25) is 12.4 Å². The van der Waals surface area contributed by atoms with E-state index in [-0.39, 0.29) is 12.0 Å². The summed E-state index contributed by atoms with van der Waals surface area (Å²) < 4.78 is 13.1. The Morgan fingerprint density at radius 1 is 1.13 bits per heavy atom. The fourth-order valence-corrected chi connectivity index (χ4v) is 5.55. The summed E-state index contributed by atoms with van der Waals surface area (Å²) in [5.74, 6) is 0.979. The molecule has 13 heteroatoms. The Balaban J connectivity index is 1.15. The number of nitrogens with zero attached hydrogens (tertiary/aromatic N) is 7. The van der Waals surface area contributed by atoms with Crippen LogP contribution in [0.5, 0.6) is 5.75 Å². The zero-order valence-electron chi connectivity index (χ0n) is 27.0. The number of benzene rings is 1. The molecular formula is C33H46N8O5. The molecule has 0 saturated carbocycles.